The lowest BCUT2D eigenvalue weighted by Gasteiger charge is -2.12. The van der Waals surface area contributed by atoms with Crippen LogP contribution in [0.2, 0.25) is 0 Å². The quantitative estimate of drug-likeness (QED) is 0.378. The molecule has 6 rings (SSSR count). The van der Waals surface area contributed by atoms with E-state index < -0.39 is 0 Å². The van der Waals surface area contributed by atoms with Crippen LogP contribution in [0.1, 0.15) is 58.8 Å². The van der Waals surface area contributed by atoms with Crippen molar-refractivity contribution in [2.45, 2.75) is 44.4 Å². The fourth-order valence-corrected chi connectivity index (χ4v) is 4.79. The van der Waals surface area contributed by atoms with Gasteiger partial charge in [0.25, 0.3) is 11.9 Å². The van der Waals surface area contributed by atoms with Gasteiger partial charge >= 0.3 is 0 Å². The number of fused-ring (bicyclic) bond motifs is 3. The zero-order valence-corrected chi connectivity index (χ0v) is 20.1. The Balaban J connectivity index is 1.20. The zero-order chi connectivity index (χ0) is 24.3. The van der Waals surface area contributed by atoms with Crippen LogP contribution >= 0.6 is 0 Å². The van der Waals surface area contributed by atoms with Crippen LogP contribution in [0.15, 0.2) is 61.2 Å². The second-order valence-electron chi connectivity index (χ2n) is 9.33. The Kier molecular flexibility index (Phi) is 6.15. The van der Waals surface area contributed by atoms with Crippen LogP contribution in [0.4, 0.5) is 0 Å². The monoisotopic (exact) mass is 480 g/mol. The highest BCUT2D eigenvalue weighted by molar-refractivity contribution is 5.95. The van der Waals surface area contributed by atoms with Gasteiger partial charge in [-0.1, -0.05) is 24.3 Å². The van der Waals surface area contributed by atoms with Crippen molar-refractivity contribution in [3.8, 4) is 23.0 Å². The maximum Gasteiger partial charge on any atom is 0.254 e. The summed E-state index contributed by atoms with van der Waals surface area (Å²) in [6, 6.07) is 12.2. The average Bonchev–Trinajstić information content (AvgIpc) is 3.69. The van der Waals surface area contributed by atoms with Crippen molar-refractivity contribution >= 4 is 5.91 Å². The number of benzene rings is 1. The van der Waals surface area contributed by atoms with Crippen LogP contribution in [-0.4, -0.2) is 43.8 Å². The van der Waals surface area contributed by atoms with Gasteiger partial charge in [0.2, 0.25) is 0 Å². The molecule has 0 aliphatic heterocycles. The summed E-state index contributed by atoms with van der Waals surface area (Å²) in [5.41, 5.74) is 6.13. The molecule has 1 aromatic carbocycles. The third-order valence-electron chi connectivity index (χ3n) is 6.73. The molecule has 36 heavy (non-hydrogen) atoms. The molecule has 0 saturated heterocycles. The Morgan fingerprint density at radius 2 is 1.94 bits per heavy atom. The molecular weight excluding hydrogens is 452 g/mol. The molecule has 3 aromatic heterocycles. The normalized spacial score (nSPS) is 14.4. The fourth-order valence-electron chi connectivity index (χ4n) is 4.79. The van der Waals surface area contributed by atoms with Crippen LogP contribution in [0, 0.1) is 0 Å². The number of pyridine rings is 1. The standard InChI is InChI=1S/C28H28N6O2/c35-27(30-14-5-15-36-22-9-4-13-29-17-22)24-18-32-34(26(24)20-11-12-20)28-31-16-21-8-3-7-19-6-1-2-10-23(19)25(21)33-28/h1-2,4,6,9-10,13,16-18,20H,3,5,7-8,11-12,14-15H2,(H,30,35). The highest BCUT2D eigenvalue weighted by atomic mass is 16.5. The van der Waals surface area contributed by atoms with Crippen molar-refractivity contribution < 1.29 is 9.53 Å². The number of amides is 1. The SMILES string of the molecule is O=C(NCCCOc1cccnc1)c1cnn(-c2ncc3c(n2)-c2ccccc2CCC3)c1C1CC1. The predicted molar refractivity (Wildman–Crippen MR) is 135 cm³/mol. The minimum absolute atomic E-state index is 0.121. The number of ether oxygens (including phenoxy) is 1. The first-order chi connectivity index (χ1) is 17.8. The molecule has 182 valence electrons. The van der Waals surface area contributed by atoms with E-state index in [2.05, 4.69) is 44.6 Å². The molecule has 2 aliphatic carbocycles. The second-order valence-corrected chi connectivity index (χ2v) is 9.33. The second kappa shape index (κ2) is 9.89. The Labute approximate surface area is 209 Å². The molecule has 0 radical (unpaired) electrons. The maximum absolute atomic E-state index is 13.1. The molecular formula is C28H28N6O2. The molecule has 0 bridgehead atoms. The van der Waals surface area contributed by atoms with Crippen LogP contribution < -0.4 is 10.1 Å². The highest BCUT2D eigenvalue weighted by Crippen LogP contribution is 2.42. The van der Waals surface area contributed by atoms with E-state index in [9.17, 15) is 4.79 Å². The summed E-state index contributed by atoms with van der Waals surface area (Å²) in [6.45, 7) is 1.02. The van der Waals surface area contributed by atoms with E-state index in [0.29, 0.717) is 37.0 Å². The number of nitrogens with zero attached hydrogens (tertiary/aromatic N) is 5. The van der Waals surface area contributed by atoms with Gasteiger partial charge < -0.3 is 10.1 Å². The maximum atomic E-state index is 13.1. The topological polar surface area (TPSA) is 94.8 Å². The van der Waals surface area contributed by atoms with Gasteiger partial charge in [-0.25, -0.2) is 14.6 Å². The largest absolute Gasteiger partial charge is 0.492 e. The van der Waals surface area contributed by atoms with Crippen molar-refractivity contribution in [2.75, 3.05) is 13.2 Å². The van der Waals surface area contributed by atoms with Crippen molar-refractivity contribution in [2.24, 2.45) is 0 Å². The van der Waals surface area contributed by atoms with Crippen LogP contribution in [0.3, 0.4) is 0 Å². The van der Waals surface area contributed by atoms with Gasteiger partial charge in [-0.15, -0.1) is 0 Å². The Morgan fingerprint density at radius 1 is 1.06 bits per heavy atom. The molecule has 0 atom stereocenters. The molecule has 1 saturated carbocycles. The van der Waals surface area contributed by atoms with E-state index in [0.717, 1.165) is 54.8 Å². The third kappa shape index (κ3) is 4.58. The van der Waals surface area contributed by atoms with Crippen molar-refractivity contribution in [3.05, 3.63) is 83.6 Å². The first-order valence-electron chi connectivity index (χ1n) is 12.6. The van der Waals surface area contributed by atoms with Gasteiger partial charge in [0, 0.05) is 30.4 Å². The third-order valence-corrected chi connectivity index (χ3v) is 6.73. The molecule has 0 spiro atoms. The summed E-state index contributed by atoms with van der Waals surface area (Å²) in [5.74, 6) is 1.43. The Bertz CT molecular complexity index is 1380. The van der Waals surface area contributed by atoms with Gasteiger partial charge in [0.1, 0.15) is 5.75 Å². The summed E-state index contributed by atoms with van der Waals surface area (Å²) in [5, 5.41) is 7.60. The number of aromatic nitrogens is 5. The van der Waals surface area contributed by atoms with Gasteiger partial charge in [-0.2, -0.15) is 5.10 Å². The summed E-state index contributed by atoms with van der Waals surface area (Å²) in [6.07, 6.45) is 12.8. The van der Waals surface area contributed by atoms with Crippen LogP contribution in [-0.2, 0) is 12.8 Å². The Hall–Kier alpha value is -4.07. The molecule has 2 aliphatic rings. The zero-order valence-electron chi connectivity index (χ0n) is 20.1. The first kappa shape index (κ1) is 22.4. The van der Waals surface area contributed by atoms with Gasteiger partial charge in [-0.3, -0.25) is 9.78 Å². The summed E-state index contributed by atoms with van der Waals surface area (Å²) in [7, 11) is 0. The molecule has 8 heteroatoms. The van der Waals surface area contributed by atoms with Gasteiger partial charge in [0.15, 0.2) is 0 Å². The van der Waals surface area contributed by atoms with E-state index in [-0.39, 0.29) is 5.91 Å². The van der Waals surface area contributed by atoms with E-state index >= 15 is 0 Å². The number of carbonyl (C=O) groups is 1. The summed E-state index contributed by atoms with van der Waals surface area (Å²) in [4.78, 5) is 26.7. The number of hydrogen-bond acceptors (Lipinski definition) is 6. The number of carbonyl (C=O) groups excluding carboxylic acids is 1. The van der Waals surface area contributed by atoms with Crippen LogP contribution in [0.25, 0.3) is 17.2 Å². The molecule has 1 N–H and O–H groups in total. The molecule has 1 amide bonds. The lowest BCUT2D eigenvalue weighted by molar-refractivity contribution is 0.0950. The van der Waals surface area contributed by atoms with Crippen molar-refractivity contribution in [3.63, 3.8) is 0 Å². The number of nitrogens with one attached hydrogen (secondary N) is 1. The first-order valence-corrected chi connectivity index (χ1v) is 12.6. The predicted octanol–water partition coefficient (Wildman–Crippen LogP) is 4.29. The lowest BCUT2D eigenvalue weighted by atomic mass is 10.0. The van der Waals surface area contributed by atoms with Crippen molar-refractivity contribution in [1.82, 2.24) is 30.0 Å². The molecule has 1 fully saturated rings. The van der Waals surface area contributed by atoms with Crippen molar-refractivity contribution in [1.29, 1.82) is 0 Å². The van der Waals surface area contributed by atoms with Gasteiger partial charge in [-0.05, 0) is 61.8 Å². The highest BCUT2D eigenvalue weighted by Gasteiger charge is 2.33. The average molecular weight is 481 g/mol. The van der Waals surface area contributed by atoms with Crippen LogP contribution in [0.5, 0.6) is 5.75 Å². The molecule has 8 nitrogen and oxygen atoms in total. The van der Waals surface area contributed by atoms with E-state index in [1.807, 2.05) is 18.3 Å². The summed E-state index contributed by atoms with van der Waals surface area (Å²) < 4.78 is 7.43. The molecule has 3 heterocycles. The Morgan fingerprint density at radius 3 is 2.81 bits per heavy atom. The number of rotatable bonds is 8. The number of hydrogen-bond donors (Lipinski definition) is 1. The molecule has 0 unspecified atom stereocenters. The lowest BCUT2D eigenvalue weighted by Crippen LogP contribution is -2.26. The van der Waals surface area contributed by atoms with Gasteiger partial charge in [0.05, 0.1) is 36.0 Å². The smallest absolute Gasteiger partial charge is 0.254 e. The number of aryl methyl sites for hydroxylation is 2. The minimum atomic E-state index is -0.121. The fraction of sp³-hybridized carbons (Fsp3) is 0.321. The van der Waals surface area contributed by atoms with E-state index in [1.54, 1.807) is 23.3 Å². The van der Waals surface area contributed by atoms with E-state index in [1.165, 1.54) is 11.1 Å². The molecule has 4 aromatic rings. The minimum Gasteiger partial charge on any atom is -0.492 e. The summed E-state index contributed by atoms with van der Waals surface area (Å²) >= 11 is 0. The van der Waals surface area contributed by atoms with E-state index in [4.69, 9.17) is 9.72 Å².